The highest BCUT2D eigenvalue weighted by Gasteiger charge is 2.32. The monoisotopic (exact) mass is 323 g/mol. The van der Waals surface area contributed by atoms with Gasteiger partial charge in [0.15, 0.2) is 0 Å². The number of morpholine rings is 1. The molecule has 0 saturated carbocycles. The number of aliphatic hydroxyl groups excluding tert-OH is 1. The molecule has 2 heterocycles. The van der Waals surface area contributed by atoms with Gasteiger partial charge in [-0.2, -0.15) is 0 Å². The summed E-state index contributed by atoms with van der Waals surface area (Å²) in [5, 5.41) is 9.77. The highest BCUT2D eigenvalue weighted by molar-refractivity contribution is 7.21. The number of fused-ring (bicyclic) bond motifs is 1. The molecule has 4 nitrogen and oxygen atoms in total. The standard InChI is InChI=1S/C16H18FNO3S/c1-9-8-21-11(7-19)6-18(9)16(20)15-10(2)14-12(17)4-3-5-13(14)22-15/h3-5,9,11,19H,6-8H2,1-2H3. The Morgan fingerprint density at radius 1 is 1.55 bits per heavy atom. The summed E-state index contributed by atoms with van der Waals surface area (Å²) in [4.78, 5) is 15.1. The lowest BCUT2D eigenvalue weighted by Crippen LogP contribution is -2.51. The van der Waals surface area contributed by atoms with Crippen LogP contribution in [0.4, 0.5) is 4.39 Å². The van der Waals surface area contributed by atoms with Gasteiger partial charge in [0.25, 0.3) is 5.91 Å². The number of halogens is 1. The van der Waals surface area contributed by atoms with Crippen LogP contribution in [0.1, 0.15) is 22.2 Å². The number of aryl methyl sites for hydroxylation is 1. The molecule has 1 fully saturated rings. The van der Waals surface area contributed by atoms with Gasteiger partial charge in [0.05, 0.1) is 30.2 Å². The van der Waals surface area contributed by atoms with E-state index in [1.165, 1.54) is 17.4 Å². The van der Waals surface area contributed by atoms with Gasteiger partial charge in [0.2, 0.25) is 0 Å². The number of amides is 1. The third kappa shape index (κ3) is 2.51. The average Bonchev–Trinajstić information content (AvgIpc) is 2.85. The van der Waals surface area contributed by atoms with Crippen molar-refractivity contribution in [1.29, 1.82) is 0 Å². The SMILES string of the molecule is Cc1c(C(=O)N2CC(CO)OCC2C)sc2cccc(F)c12. The molecule has 1 aliphatic heterocycles. The van der Waals surface area contributed by atoms with Crippen molar-refractivity contribution >= 4 is 27.3 Å². The number of aliphatic hydroxyl groups is 1. The van der Waals surface area contributed by atoms with Crippen LogP contribution >= 0.6 is 11.3 Å². The fourth-order valence-corrected chi connectivity index (χ4v) is 3.98. The Hall–Kier alpha value is -1.50. The lowest BCUT2D eigenvalue weighted by atomic mass is 10.1. The van der Waals surface area contributed by atoms with Gasteiger partial charge in [-0.15, -0.1) is 11.3 Å². The molecule has 2 unspecified atom stereocenters. The molecular weight excluding hydrogens is 305 g/mol. The minimum atomic E-state index is -0.355. The van der Waals surface area contributed by atoms with Gasteiger partial charge in [-0.3, -0.25) is 4.79 Å². The number of ether oxygens (including phenoxy) is 1. The van der Waals surface area contributed by atoms with Gasteiger partial charge in [-0.05, 0) is 31.5 Å². The third-order valence-electron chi connectivity index (χ3n) is 4.07. The number of rotatable bonds is 2. The Morgan fingerprint density at radius 2 is 2.32 bits per heavy atom. The van der Waals surface area contributed by atoms with Crippen molar-refractivity contribution in [3.63, 3.8) is 0 Å². The van der Waals surface area contributed by atoms with Crippen molar-refractivity contribution in [2.24, 2.45) is 0 Å². The van der Waals surface area contributed by atoms with E-state index in [-0.39, 0.29) is 30.5 Å². The van der Waals surface area contributed by atoms with Gasteiger partial charge in [0, 0.05) is 16.6 Å². The Morgan fingerprint density at radius 3 is 3.00 bits per heavy atom. The minimum absolute atomic E-state index is 0.0650. The van der Waals surface area contributed by atoms with Crippen molar-refractivity contribution in [1.82, 2.24) is 4.90 Å². The fourth-order valence-electron chi connectivity index (χ4n) is 2.80. The van der Waals surface area contributed by atoms with E-state index in [1.54, 1.807) is 17.9 Å². The number of hydrogen-bond donors (Lipinski definition) is 1. The molecule has 0 aliphatic carbocycles. The molecule has 1 saturated heterocycles. The summed E-state index contributed by atoms with van der Waals surface area (Å²) in [6, 6.07) is 4.83. The first-order chi connectivity index (χ1) is 10.5. The van der Waals surface area contributed by atoms with Gasteiger partial charge in [0.1, 0.15) is 5.82 Å². The van der Waals surface area contributed by atoms with Crippen LogP contribution in [0.3, 0.4) is 0 Å². The summed E-state index contributed by atoms with van der Waals surface area (Å²) >= 11 is 1.32. The van der Waals surface area contributed by atoms with Crippen LogP contribution in [0.5, 0.6) is 0 Å². The summed E-state index contributed by atoms with van der Waals surface area (Å²) in [7, 11) is 0. The third-order valence-corrected chi connectivity index (χ3v) is 5.31. The molecule has 118 valence electrons. The van der Waals surface area contributed by atoms with Crippen molar-refractivity contribution < 1.29 is 19.0 Å². The Labute approximate surface area is 132 Å². The number of benzene rings is 1. The second kappa shape index (κ2) is 5.95. The summed E-state index contributed by atoms with van der Waals surface area (Å²) in [6.07, 6.45) is -0.355. The predicted octanol–water partition coefficient (Wildman–Crippen LogP) is 2.57. The molecule has 6 heteroatoms. The molecule has 2 atom stereocenters. The molecule has 0 spiro atoms. The molecule has 1 aromatic heterocycles. The van der Waals surface area contributed by atoms with Gasteiger partial charge < -0.3 is 14.7 Å². The molecular formula is C16H18FNO3S. The van der Waals surface area contributed by atoms with Crippen LogP contribution in [-0.4, -0.2) is 47.8 Å². The lowest BCUT2D eigenvalue weighted by molar-refractivity contribution is -0.0666. The second-order valence-corrected chi connectivity index (χ2v) is 6.67. The first-order valence-corrected chi connectivity index (χ1v) is 8.05. The minimum Gasteiger partial charge on any atom is -0.394 e. The van der Waals surface area contributed by atoms with E-state index in [9.17, 15) is 14.3 Å². The van der Waals surface area contributed by atoms with E-state index < -0.39 is 0 Å². The van der Waals surface area contributed by atoms with Crippen molar-refractivity contribution in [2.75, 3.05) is 19.8 Å². The lowest BCUT2D eigenvalue weighted by Gasteiger charge is -2.37. The molecule has 3 rings (SSSR count). The number of carbonyl (C=O) groups excluding carboxylic acids is 1. The zero-order chi connectivity index (χ0) is 15.9. The molecule has 1 aliphatic rings. The van der Waals surface area contributed by atoms with E-state index in [2.05, 4.69) is 0 Å². The van der Waals surface area contributed by atoms with Gasteiger partial charge in [-0.1, -0.05) is 6.07 Å². The van der Waals surface area contributed by atoms with E-state index >= 15 is 0 Å². The first-order valence-electron chi connectivity index (χ1n) is 7.24. The van der Waals surface area contributed by atoms with Crippen LogP contribution in [0.25, 0.3) is 10.1 Å². The fraction of sp³-hybridized carbons (Fsp3) is 0.438. The molecule has 1 N–H and O–H groups in total. The normalized spacial score (nSPS) is 22.3. The largest absolute Gasteiger partial charge is 0.394 e. The average molecular weight is 323 g/mol. The van der Waals surface area contributed by atoms with E-state index in [4.69, 9.17) is 4.74 Å². The van der Waals surface area contributed by atoms with E-state index in [1.807, 2.05) is 13.0 Å². The molecule has 1 amide bonds. The smallest absolute Gasteiger partial charge is 0.264 e. The van der Waals surface area contributed by atoms with Crippen LogP contribution in [-0.2, 0) is 4.74 Å². The number of carbonyl (C=O) groups is 1. The van der Waals surface area contributed by atoms with Crippen LogP contribution in [0, 0.1) is 12.7 Å². The molecule has 0 bridgehead atoms. The van der Waals surface area contributed by atoms with Crippen molar-refractivity contribution in [3.8, 4) is 0 Å². The molecule has 2 aromatic rings. The summed E-state index contributed by atoms with van der Waals surface area (Å²) in [5.74, 6) is -0.416. The Bertz CT molecular complexity index is 715. The highest BCUT2D eigenvalue weighted by atomic mass is 32.1. The molecule has 22 heavy (non-hydrogen) atoms. The van der Waals surface area contributed by atoms with Crippen molar-refractivity contribution in [3.05, 3.63) is 34.5 Å². The number of nitrogens with zero attached hydrogens (tertiary/aromatic N) is 1. The highest BCUT2D eigenvalue weighted by Crippen LogP contribution is 2.34. The summed E-state index contributed by atoms with van der Waals surface area (Å²) < 4.78 is 20.2. The van der Waals surface area contributed by atoms with Gasteiger partial charge >= 0.3 is 0 Å². The van der Waals surface area contributed by atoms with Crippen LogP contribution < -0.4 is 0 Å². The number of hydrogen-bond acceptors (Lipinski definition) is 4. The van der Waals surface area contributed by atoms with Crippen molar-refractivity contribution in [2.45, 2.75) is 26.0 Å². The van der Waals surface area contributed by atoms with Crippen LogP contribution in [0.15, 0.2) is 18.2 Å². The Kier molecular flexibility index (Phi) is 4.16. The second-order valence-electron chi connectivity index (χ2n) is 5.61. The zero-order valence-electron chi connectivity index (χ0n) is 12.5. The predicted molar refractivity (Wildman–Crippen MR) is 83.8 cm³/mol. The maximum atomic E-state index is 14.0. The molecule has 0 radical (unpaired) electrons. The molecule has 1 aromatic carbocycles. The topological polar surface area (TPSA) is 49.8 Å². The first kappa shape index (κ1) is 15.4. The maximum absolute atomic E-state index is 14.0. The van der Waals surface area contributed by atoms with E-state index in [0.29, 0.717) is 29.0 Å². The summed E-state index contributed by atoms with van der Waals surface area (Å²) in [6.45, 7) is 4.33. The van der Waals surface area contributed by atoms with Crippen LogP contribution in [0.2, 0.25) is 0 Å². The van der Waals surface area contributed by atoms with Gasteiger partial charge in [-0.25, -0.2) is 4.39 Å². The van der Waals surface area contributed by atoms with E-state index in [0.717, 1.165) is 4.70 Å². The maximum Gasteiger partial charge on any atom is 0.264 e. The quantitative estimate of drug-likeness (QED) is 0.924. The number of thiophene rings is 1. The Balaban J connectivity index is 1.98. The summed E-state index contributed by atoms with van der Waals surface area (Å²) in [5.41, 5.74) is 0.683. The zero-order valence-corrected chi connectivity index (χ0v) is 13.3.